The molecule has 1 aromatic rings. The second-order valence-electron chi connectivity index (χ2n) is 7.19. The van der Waals surface area contributed by atoms with Crippen LogP contribution in [0.3, 0.4) is 0 Å². The molecule has 3 atom stereocenters. The number of hydrogen-bond acceptors (Lipinski definition) is 4. The summed E-state index contributed by atoms with van der Waals surface area (Å²) in [6, 6.07) is 8.48. The van der Waals surface area contributed by atoms with E-state index >= 15 is 0 Å². The second-order valence-corrected chi connectivity index (χ2v) is 7.19. The van der Waals surface area contributed by atoms with Crippen LogP contribution in [-0.2, 0) is 4.74 Å². The van der Waals surface area contributed by atoms with Gasteiger partial charge < -0.3 is 25.2 Å². The molecule has 2 fully saturated rings. The fraction of sp³-hybridized carbons (Fsp3) is 0.632. The molecule has 2 N–H and O–H groups in total. The molecule has 0 unspecified atom stereocenters. The van der Waals surface area contributed by atoms with Crippen molar-refractivity contribution in [3.8, 4) is 0 Å². The van der Waals surface area contributed by atoms with Crippen molar-refractivity contribution in [1.29, 1.82) is 0 Å². The molecule has 2 aliphatic rings. The van der Waals surface area contributed by atoms with E-state index in [2.05, 4.69) is 51.7 Å². The Labute approximate surface area is 150 Å². The normalized spacial score (nSPS) is 25.6. The summed E-state index contributed by atoms with van der Waals surface area (Å²) in [5.74, 6) is 0. The Morgan fingerprint density at radius 3 is 2.48 bits per heavy atom. The smallest absolute Gasteiger partial charge is 0.315 e. The summed E-state index contributed by atoms with van der Waals surface area (Å²) < 4.78 is 5.48. The number of ether oxygens (including phenoxy) is 1. The van der Waals surface area contributed by atoms with E-state index in [1.807, 2.05) is 13.8 Å². The van der Waals surface area contributed by atoms with Gasteiger partial charge in [0.15, 0.2) is 0 Å². The van der Waals surface area contributed by atoms with Crippen molar-refractivity contribution in [2.24, 2.45) is 0 Å². The molecular weight excluding hydrogens is 316 g/mol. The van der Waals surface area contributed by atoms with E-state index in [4.69, 9.17) is 4.74 Å². The highest BCUT2D eigenvalue weighted by molar-refractivity contribution is 5.74. The van der Waals surface area contributed by atoms with E-state index in [1.165, 1.54) is 5.69 Å². The molecule has 0 bridgehead atoms. The Kier molecular flexibility index (Phi) is 5.81. The third kappa shape index (κ3) is 4.64. The van der Waals surface area contributed by atoms with Crippen molar-refractivity contribution in [2.45, 2.75) is 38.5 Å². The number of anilines is 1. The molecule has 2 aliphatic heterocycles. The van der Waals surface area contributed by atoms with Gasteiger partial charge in [-0.1, -0.05) is 12.1 Å². The maximum absolute atomic E-state index is 12.2. The predicted molar refractivity (Wildman–Crippen MR) is 100 cm³/mol. The zero-order chi connectivity index (χ0) is 17.8. The summed E-state index contributed by atoms with van der Waals surface area (Å²) in [7, 11) is 2.16. The van der Waals surface area contributed by atoms with Gasteiger partial charge in [-0.05, 0) is 45.0 Å². The van der Waals surface area contributed by atoms with E-state index in [1.54, 1.807) is 0 Å². The van der Waals surface area contributed by atoms with E-state index < -0.39 is 0 Å². The van der Waals surface area contributed by atoms with Crippen LogP contribution in [-0.4, -0.2) is 62.9 Å². The van der Waals surface area contributed by atoms with Crippen molar-refractivity contribution < 1.29 is 9.53 Å². The van der Waals surface area contributed by atoms with Crippen LogP contribution in [0, 0.1) is 0 Å². The number of nitrogens with one attached hydrogen (secondary N) is 2. The fourth-order valence-corrected chi connectivity index (χ4v) is 3.45. The fourth-order valence-electron chi connectivity index (χ4n) is 3.45. The first-order valence-corrected chi connectivity index (χ1v) is 9.25. The minimum absolute atomic E-state index is 0.0285. The van der Waals surface area contributed by atoms with Crippen molar-refractivity contribution in [1.82, 2.24) is 15.5 Å². The molecule has 0 saturated carbocycles. The number of likely N-dealkylation sites (N-methyl/N-ethyl adjacent to an activating group) is 1. The van der Waals surface area contributed by atoms with Crippen LogP contribution in [0.2, 0.25) is 0 Å². The first kappa shape index (κ1) is 18.0. The molecule has 2 saturated heterocycles. The lowest BCUT2D eigenvalue weighted by Gasteiger charge is -2.34. The van der Waals surface area contributed by atoms with Crippen LogP contribution in [0.15, 0.2) is 24.3 Å². The average molecular weight is 346 g/mol. The third-order valence-corrected chi connectivity index (χ3v) is 5.30. The number of carbonyl (C=O) groups is 1. The number of piperazine rings is 1. The minimum Gasteiger partial charge on any atom is -0.376 e. The highest BCUT2D eigenvalue weighted by Gasteiger charge is 2.26. The van der Waals surface area contributed by atoms with Gasteiger partial charge in [-0.15, -0.1) is 0 Å². The molecule has 0 aliphatic carbocycles. The molecule has 2 heterocycles. The van der Waals surface area contributed by atoms with Crippen molar-refractivity contribution >= 4 is 11.7 Å². The van der Waals surface area contributed by atoms with Crippen molar-refractivity contribution in [2.75, 3.05) is 44.7 Å². The molecule has 0 radical (unpaired) electrons. The highest BCUT2D eigenvalue weighted by Crippen LogP contribution is 2.20. The molecular formula is C19H30N4O2. The van der Waals surface area contributed by atoms with E-state index in [0.29, 0.717) is 0 Å². The number of hydrogen-bond donors (Lipinski definition) is 2. The molecule has 3 rings (SSSR count). The Hall–Kier alpha value is -1.79. The topological polar surface area (TPSA) is 56.8 Å². The Morgan fingerprint density at radius 1 is 1.20 bits per heavy atom. The lowest BCUT2D eigenvalue weighted by molar-refractivity contribution is 0.114. The van der Waals surface area contributed by atoms with E-state index in [0.717, 1.165) is 44.8 Å². The van der Waals surface area contributed by atoms with Crippen LogP contribution in [0.4, 0.5) is 10.5 Å². The molecule has 0 spiro atoms. The summed E-state index contributed by atoms with van der Waals surface area (Å²) in [4.78, 5) is 16.9. The first-order valence-electron chi connectivity index (χ1n) is 9.25. The molecule has 1 aromatic carbocycles. The van der Waals surface area contributed by atoms with Crippen LogP contribution < -0.4 is 15.5 Å². The van der Waals surface area contributed by atoms with Gasteiger partial charge in [0.05, 0.1) is 18.2 Å². The molecule has 6 nitrogen and oxygen atoms in total. The van der Waals surface area contributed by atoms with Gasteiger partial charge in [-0.25, -0.2) is 4.79 Å². The largest absolute Gasteiger partial charge is 0.376 e. The zero-order valence-electron chi connectivity index (χ0n) is 15.5. The zero-order valence-corrected chi connectivity index (χ0v) is 15.5. The second kappa shape index (κ2) is 8.06. The van der Waals surface area contributed by atoms with Gasteiger partial charge in [-0.2, -0.15) is 0 Å². The maximum Gasteiger partial charge on any atom is 0.315 e. The average Bonchev–Trinajstić information content (AvgIpc) is 3.00. The van der Waals surface area contributed by atoms with Crippen LogP contribution >= 0.6 is 0 Å². The van der Waals surface area contributed by atoms with Gasteiger partial charge in [-0.3, -0.25) is 0 Å². The van der Waals surface area contributed by atoms with Crippen molar-refractivity contribution in [3.05, 3.63) is 29.8 Å². The van der Waals surface area contributed by atoms with E-state index in [9.17, 15) is 4.79 Å². The molecule has 25 heavy (non-hydrogen) atoms. The van der Waals surface area contributed by atoms with Gasteiger partial charge >= 0.3 is 6.03 Å². The van der Waals surface area contributed by atoms with Crippen LogP contribution in [0.1, 0.15) is 31.9 Å². The number of rotatable bonds is 4. The molecule has 6 heteroatoms. The quantitative estimate of drug-likeness (QED) is 0.875. The molecule has 2 amide bonds. The lowest BCUT2D eigenvalue weighted by atomic mass is 10.1. The summed E-state index contributed by atoms with van der Waals surface area (Å²) in [6.07, 6.45) is 0.965. The van der Waals surface area contributed by atoms with E-state index in [-0.39, 0.29) is 24.2 Å². The van der Waals surface area contributed by atoms with Gasteiger partial charge in [0.2, 0.25) is 0 Å². The SMILES string of the molecule is C[C@H](NC(=O)N[C@H]1CCO[C@@H]1C)c1ccc(N2CCN(C)CC2)cc1. The number of benzene rings is 1. The number of amides is 2. The minimum atomic E-state index is -0.127. The standard InChI is InChI=1S/C19H30N4O2/c1-14(20-19(24)21-18-8-13-25-15(18)2)16-4-6-17(7-5-16)23-11-9-22(3)10-12-23/h4-7,14-15,18H,8-13H2,1-3H3,(H2,20,21,24)/t14-,15+,18-/m0/s1. The first-order chi connectivity index (χ1) is 12.0. The lowest BCUT2D eigenvalue weighted by Crippen LogP contribution is -2.45. The summed E-state index contributed by atoms with van der Waals surface area (Å²) in [5.41, 5.74) is 2.37. The highest BCUT2D eigenvalue weighted by atomic mass is 16.5. The maximum atomic E-state index is 12.2. The summed E-state index contributed by atoms with van der Waals surface area (Å²) in [5, 5.41) is 6.03. The van der Waals surface area contributed by atoms with Gasteiger partial charge in [0, 0.05) is 38.5 Å². The monoisotopic (exact) mass is 346 g/mol. The van der Waals surface area contributed by atoms with Crippen molar-refractivity contribution in [3.63, 3.8) is 0 Å². The Bertz CT molecular complexity index is 569. The number of carbonyl (C=O) groups excluding carboxylic acids is 1. The number of nitrogens with zero attached hydrogens (tertiary/aromatic N) is 2. The molecule has 138 valence electrons. The van der Waals surface area contributed by atoms with Gasteiger partial charge in [0.1, 0.15) is 0 Å². The summed E-state index contributed by atoms with van der Waals surface area (Å²) >= 11 is 0. The number of urea groups is 1. The predicted octanol–water partition coefficient (Wildman–Crippen LogP) is 1.98. The summed E-state index contributed by atoms with van der Waals surface area (Å²) in [6.45, 7) is 9.06. The van der Waals surface area contributed by atoms with Gasteiger partial charge in [0.25, 0.3) is 0 Å². The van der Waals surface area contributed by atoms with Crippen LogP contribution in [0.25, 0.3) is 0 Å². The Balaban J connectivity index is 1.51. The molecule has 0 aromatic heterocycles. The Morgan fingerprint density at radius 2 is 1.88 bits per heavy atom. The third-order valence-electron chi connectivity index (χ3n) is 5.30. The van der Waals surface area contributed by atoms with Crippen LogP contribution in [0.5, 0.6) is 0 Å².